The molecule has 0 aromatic heterocycles. The number of carboxylic acids is 1. The lowest BCUT2D eigenvalue weighted by Crippen LogP contribution is -2.01. The third kappa shape index (κ3) is 2.32. The maximum atomic E-state index is 11.4. The highest BCUT2D eigenvalue weighted by molar-refractivity contribution is 6.59. The van der Waals surface area contributed by atoms with E-state index < -0.39 is 5.97 Å². The SMILES string of the molecule is O=C(O)c1c(Cl)c(Cl)c(Cl)c2c(Cl)c(Cl)c(Cl)c(Cl)c12. The molecule has 0 saturated heterocycles. The monoisotopic (exact) mass is 410 g/mol. The Balaban J connectivity index is 3.27. The number of aromatic carboxylic acids is 1. The average Bonchev–Trinajstić information content (AvgIpc) is 2.39. The van der Waals surface area contributed by atoms with E-state index in [1.165, 1.54) is 0 Å². The van der Waals surface area contributed by atoms with E-state index in [0.29, 0.717) is 0 Å². The van der Waals surface area contributed by atoms with Gasteiger partial charge in [0, 0.05) is 10.8 Å². The Hall–Kier alpha value is 0.200. The van der Waals surface area contributed by atoms with Gasteiger partial charge in [-0.05, 0) is 0 Å². The number of hydrogen-bond donors (Lipinski definition) is 1. The third-order valence-electron chi connectivity index (χ3n) is 2.56. The summed E-state index contributed by atoms with van der Waals surface area (Å²) in [5, 5.41) is 8.57. The van der Waals surface area contributed by atoms with Gasteiger partial charge in [0.25, 0.3) is 0 Å². The van der Waals surface area contributed by atoms with Crippen LogP contribution in [-0.4, -0.2) is 11.1 Å². The Morgan fingerprint density at radius 3 is 1.35 bits per heavy atom. The second-order valence-corrected chi connectivity index (χ2v) is 6.27. The molecule has 9 heteroatoms. The number of hydrogen-bond acceptors (Lipinski definition) is 1. The smallest absolute Gasteiger partial charge is 0.337 e. The maximum Gasteiger partial charge on any atom is 0.337 e. The van der Waals surface area contributed by atoms with Gasteiger partial charge >= 0.3 is 5.97 Å². The lowest BCUT2D eigenvalue weighted by atomic mass is 10.0. The Kier molecular flexibility index (Phi) is 4.78. The molecule has 20 heavy (non-hydrogen) atoms. The molecule has 0 saturated carbocycles. The molecule has 0 fully saturated rings. The predicted octanol–water partition coefficient (Wildman–Crippen LogP) is 7.11. The van der Waals surface area contributed by atoms with Crippen LogP contribution in [0.5, 0.6) is 0 Å². The second-order valence-electron chi connectivity index (χ2n) is 3.63. The van der Waals surface area contributed by atoms with Crippen LogP contribution < -0.4 is 0 Å². The normalized spacial score (nSPS) is 11.2. The number of carbonyl (C=O) groups is 1. The minimum atomic E-state index is -1.35. The average molecular weight is 413 g/mol. The van der Waals surface area contributed by atoms with Gasteiger partial charge in [-0.25, -0.2) is 4.79 Å². The van der Waals surface area contributed by atoms with Crippen molar-refractivity contribution >= 4 is 97.9 Å². The number of rotatable bonds is 1. The molecule has 2 aromatic carbocycles. The summed E-state index contributed by atoms with van der Waals surface area (Å²) in [4.78, 5) is 11.4. The molecular formula is C11HCl7O2. The van der Waals surface area contributed by atoms with Gasteiger partial charge in [-0.1, -0.05) is 81.2 Å². The molecule has 0 heterocycles. The van der Waals surface area contributed by atoms with Crippen molar-refractivity contribution in [1.29, 1.82) is 0 Å². The lowest BCUT2D eigenvalue weighted by Gasteiger charge is -2.15. The molecule has 0 spiro atoms. The zero-order valence-corrected chi connectivity index (χ0v) is 14.3. The maximum absolute atomic E-state index is 11.4. The first-order valence-electron chi connectivity index (χ1n) is 4.75. The van der Waals surface area contributed by atoms with Crippen molar-refractivity contribution < 1.29 is 9.90 Å². The third-order valence-corrected chi connectivity index (χ3v) is 5.68. The van der Waals surface area contributed by atoms with Crippen LogP contribution in [0.4, 0.5) is 0 Å². The molecule has 1 N–H and O–H groups in total. The zero-order valence-electron chi connectivity index (χ0n) is 9.00. The van der Waals surface area contributed by atoms with Crippen LogP contribution in [-0.2, 0) is 0 Å². The van der Waals surface area contributed by atoms with Crippen molar-refractivity contribution in [2.24, 2.45) is 0 Å². The van der Waals surface area contributed by atoms with E-state index in [2.05, 4.69) is 0 Å². The van der Waals surface area contributed by atoms with Crippen LogP contribution in [0.25, 0.3) is 10.8 Å². The fourth-order valence-corrected chi connectivity index (χ4v) is 3.58. The highest BCUT2D eigenvalue weighted by Gasteiger charge is 2.27. The van der Waals surface area contributed by atoms with Gasteiger partial charge in [-0.3, -0.25) is 0 Å². The highest BCUT2D eigenvalue weighted by Crippen LogP contribution is 2.50. The number of fused-ring (bicyclic) bond motifs is 1. The first kappa shape index (κ1) is 16.6. The molecule has 106 valence electrons. The molecule has 0 radical (unpaired) electrons. The van der Waals surface area contributed by atoms with Gasteiger partial charge in [0.1, 0.15) is 0 Å². The quantitative estimate of drug-likeness (QED) is 0.400. The van der Waals surface area contributed by atoms with Crippen LogP contribution in [0.3, 0.4) is 0 Å². The van der Waals surface area contributed by atoms with Gasteiger partial charge in [-0.2, -0.15) is 0 Å². The summed E-state index contributed by atoms with van der Waals surface area (Å²) in [6.07, 6.45) is 0. The van der Waals surface area contributed by atoms with Crippen molar-refractivity contribution in [2.45, 2.75) is 0 Å². The van der Waals surface area contributed by atoms with E-state index in [1.807, 2.05) is 0 Å². The molecule has 0 atom stereocenters. The standard InChI is InChI=1S/C11HCl7O2/c12-4-1-2(6(14)10(18)9(4)17)5(13)8(16)7(15)3(1)11(19)20/h(H,19,20). The topological polar surface area (TPSA) is 37.3 Å². The van der Waals surface area contributed by atoms with Crippen molar-refractivity contribution in [1.82, 2.24) is 0 Å². The molecule has 0 amide bonds. The zero-order chi connectivity index (χ0) is 15.4. The molecule has 0 unspecified atom stereocenters. The van der Waals surface area contributed by atoms with E-state index in [4.69, 9.17) is 81.2 Å². The van der Waals surface area contributed by atoms with Crippen LogP contribution in [0.1, 0.15) is 10.4 Å². The minimum Gasteiger partial charge on any atom is -0.478 e. The van der Waals surface area contributed by atoms with Crippen LogP contribution in [0.2, 0.25) is 35.2 Å². The molecule has 2 aromatic rings. The van der Waals surface area contributed by atoms with Crippen LogP contribution >= 0.6 is 81.2 Å². The van der Waals surface area contributed by atoms with E-state index in [0.717, 1.165) is 0 Å². The van der Waals surface area contributed by atoms with Crippen molar-refractivity contribution in [2.75, 3.05) is 0 Å². The van der Waals surface area contributed by atoms with Crippen LogP contribution in [0, 0.1) is 0 Å². The number of carboxylic acid groups (broad SMARTS) is 1. The van der Waals surface area contributed by atoms with Crippen molar-refractivity contribution in [3.63, 3.8) is 0 Å². The predicted molar refractivity (Wildman–Crippen MR) is 86.0 cm³/mol. The summed E-state index contributed by atoms with van der Waals surface area (Å²) in [6.45, 7) is 0. The summed E-state index contributed by atoms with van der Waals surface area (Å²) in [5.74, 6) is -1.35. The summed E-state index contributed by atoms with van der Waals surface area (Å²) in [7, 11) is 0. The van der Waals surface area contributed by atoms with Gasteiger partial charge in [0.05, 0.1) is 40.7 Å². The molecule has 0 aliphatic carbocycles. The molecule has 0 bridgehead atoms. The summed E-state index contributed by atoms with van der Waals surface area (Å²) < 4.78 is 0. The number of benzene rings is 2. The molecule has 2 nitrogen and oxygen atoms in total. The first-order chi connectivity index (χ1) is 9.20. The van der Waals surface area contributed by atoms with E-state index in [-0.39, 0.29) is 51.5 Å². The van der Waals surface area contributed by atoms with Gasteiger partial charge < -0.3 is 5.11 Å². The first-order valence-corrected chi connectivity index (χ1v) is 7.40. The number of halogens is 7. The van der Waals surface area contributed by atoms with Gasteiger partial charge in [0.15, 0.2) is 0 Å². The van der Waals surface area contributed by atoms with Gasteiger partial charge in [-0.15, -0.1) is 0 Å². The summed E-state index contributed by atoms with van der Waals surface area (Å²) in [6, 6.07) is 0. The van der Waals surface area contributed by atoms with E-state index >= 15 is 0 Å². The highest BCUT2D eigenvalue weighted by atomic mass is 35.5. The lowest BCUT2D eigenvalue weighted by molar-refractivity contribution is 0.0699. The van der Waals surface area contributed by atoms with Crippen LogP contribution in [0.15, 0.2) is 0 Å². The van der Waals surface area contributed by atoms with Gasteiger partial charge in [0.2, 0.25) is 0 Å². The molecule has 0 aliphatic rings. The minimum absolute atomic E-state index is 0.0158. The second kappa shape index (κ2) is 5.77. The molecule has 2 rings (SSSR count). The Labute approximate surface area is 148 Å². The van der Waals surface area contributed by atoms with E-state index in [9.17, 15) is 9.90 Å². The fourth-order valence-electron chi connectivity index (χ4n) is 1.70. The largest absolute Gasteiger partial charge is 0.478 e. The molecule has 0 aliphatic heterocycles. The van der Waals surface area contributed by atoms with Crippen molar-refractivity contribution in [3.05, 3.63) is 40.7 Å². The Morgan fingerprint density at radius 2 is 0.950 bits per heavy atom. The Bertz CT molecular complexity index is 762. The fraction of sp³-hybridized carbons (Fsp3) is 0. The molecular weight excluding hydrogens is 412 g/mol. The van der Waals surface area contributed by atoms with Crippen molar-refractivity contribution in [3.8, 4) is 0 Å². The summed E-state index contributed by atoms with van der Waals surface area (Å²) >= 11 is 41.8. The summed E-state index contributed by atoms with van der Waals surface area (Å²) in [5.41, 5.74) is -0.346. The van der Waals surface area contributed by atoms with E-state index in [1.54, 1.807) is 0 Å². The Morgan fingerprint density at radius 1 is 0.600 bits per heavy atom.